The van der Waals surface area contributed by atoms with Gasteiger partial charge in [0.05, 0.1) is 13.0 Å². The standard InChI is InChI=1S/C16H17N3O5S/c17-10-4-2-1-3-8(10)5-11(21)18-12-14(22)19-13(16(23)24)9(6-20)7-25-15(12)19/h1-4,12,15,20H,5-7,17H2,(H,18,21)(H,23,24)/t12?,15-/m1/s1. The van der Waals surface area contributed by atoms with Crippen molar-refractivity contribution in [2.75, 3.05) is 18.1 Å². The maximum Gasteiger partial charge on any atom is 0.352 e. The number of carbonyl (C=O) groups is 3. The number of amides is 2. The number of β-lactam (4-membered cyclic amide) rings is 1. The summed E-state index contributed by atoms with van der Waals surface area (Å²) in [6.07, 6.45) is 0.0390. The maximum atomic E-state index is 12.3. The number of hydrogen-bond acceptors (Lipinski definition) is 6. The third-order valence-electron chi connectivity index (χ3n) is 4.16. The number of thioether (sulfide) groups is 1. The summed E-state index contributed by atoms with van der Waals surface area (Å²) in [5, 5.41) is 20.7. The Balaban J connectivity index is 1.70. The fourth-order valence-electron chi connectivity index (χ4n) is 2.90. The van der Waals surface area contributed by atoms with Crippen molar-refractivity contribution in [3.05, 3.63) is 41.1 Å². The summed E-state index contributed by atoms with van der Waals surface area (Å²) in [5.74, 6) is -1.81. The fourth-order valence-corrected chi connectivity index (χ4v) is 4.23. The number of aliphatic hydroxyl groups is 1. The Hall–Kier alpha value is -2.52. The molecule has 2 aliphatic heterocycles. The lowest BCUT2D eigenvalue weighted by Crippen LogP contribution is -2.70. The van der Waals surface area contributed by atoms with Crippen LogP contribution >= 0.6 is 11.8 Å². The molecule has 0 aliphatic carbocycles. The molecule has 132 valence electrons. The lowest BCUT2D eigenvalue weighted by atomic mass is 10.0. The number of nitrogen functional groups attached to an aromatic ring is 1. The molecule has 8 nitrogen and oxygen atoms in total. The number of fused-ring (bicyclic) bond motifs is 1. The average molecular weight is 363 g/mol. The first-order valence-corrected chi connectivity index (χ1v) is 8.62. The van der Waals surface area contributed by atoms with E-state index < -0.39 is 29.9 Å². The highest BCUT2D eigenvalue weighted by Crippen LogP contribution is 2.40. The Morgan fingerprint density at radius 1 is 1.36 bits per heavy atom. The normalized spacial score (nSPS) is 22.3. The smallest absolute Gasteiger partial charge is 0.352 e. The van der Waals surface area contributed by atoms with E-state index in [1.165, 1.54) is 11.8 Å². The number of hydrogen-bond donors (Lipinski definition) is 4. The average Bonchev–Trinajstić information content (AvgIpc) is 2.60. The number of anilines is 1. The zero-order valence-electron chi connectivity index (χ0n) is 13.1. The number of aliphatic carboxylic acids is 1. The first-order valence-electron chi connectivity index (χ1n) is 7.57. The molecular weight excluding hydrogens is 346 g/mol. The quantitative estimate of drug-likeness (QED) is 0.411. The minimum absolute atomic E-state index is 0.0390. The van der Waals surface area contributed by atoms with Gasteiger partial charge in [0.15, 0.2) is 0 Å². The van der Waals surface area contributed by atoms with Crippen LogP contribution in [0.3, 0.4) is 0 Å². The van der Waals surface area contributed by atoms with Gasteiger partial charge in [-0.25, -0.2) is 4.79 Å². The van der Waals surface area contributed by atoms with Crippen molar-refractivity contribution in [2.45, 2.75) is 17.8 Å². The van der Waals surface area contributed by atoms with E-state index in [1.54, 1.807) is 24.3 Å². The van der Waals surface area contributed by atoms with Crippen LogP contribution < -0.4 is 11.1 Å². The van der Waals surface area contributed by atoms with E-state index >= 15 is 0 Å². The van der Waals surface area contributed by atoms with Crippen molar-refractivity contribution >= 4 is 35.2 Å². The van der Waals surface area contributed by atoms with Gasteiger partial charge in [0.2, 0.25) is 5.91 Å². The van der Waals surface area contributed by atoms with Gasteiger partial charge in [-0.15, -0.1) is 11.8 Å². The number of aliphatic hydroxyl groups excluding tert-OH is 1. The number of carboxylic acid groups (broad SMARTS) is 1. The molecule has 0 bridgehead atoms. The molecule has 25 heavy (non-hydrogen) atoms. The summed E-state index contributed by atoms with van der Waals surface area (Å²) < 4.78 is 0. The van der Waals surface area contributed by atoms with Gasteiger partial charge in [0.25, 0.3) is 5.91 Å². The number of benzene rings is 1. The predicted octanol–water partition coefficient (Wildman–Crippen LogP) is -0.458. The second-order valence-corrected chi connectivity index (χ2v) is 6.85. The second kappa shape index (κ2) is 6.77. The van der Waals surface area contributed by atoms with Crippen molar-refractivity contribution < 1.29 is 24.6 Å². The number of nitrogens with two attached hydrogens (primary N) is 1. The highest BCUT2D eigenvalue weighted by Gasteiger charge is 2.54. The number of para-hydroxylation sites is 1. The molecule has 1 saturated heterocycles. The summed E-state index contributed by atoms with van der Waals surface area (Å²) in [7, 11) is 0. The molecule has 9 heteroatoms. The van der Waals surface area contributed by atoms with E-state index in [4.69, 9.17) is 5.73 Å². The third kappa shape index (κ3) is 3.08. The van der Waals surface area contributed by atoms with Gasteiger partial charge >= 0.3 is 5.97 Å². The van der Waals surface area contributed by atoms with Crippen molar-refractivity contribution in [1.29, 1.82) is 0 Å². The van der Waals surface area contributed by atoms with E-state index in [0.717, 1.165) is 4.90 Å². The fraction of sp³-hybridized carbons (Fsp3) is 0.312. The van der Waals surface area contributed by atoms with E-state index in [0.29, 0.717) is 22.6 Å². The number of nitrogens with one attached hydrogen (secondary N) is 1. The molecule has 2 amide bonds. The number of carboxylic acids is 1. The number of nitrogens with zero attached hydrogens (tertiary/aromatic N) is 1. The van der Waals surface area contributed by atoms with Crippen LogP contribution in [-0.4, -0.2) is 56.7 Å². The van der Waals surface area contributed by atoms with Crippen molar-refractivity contribution in [1.82, 2.24) is 10.2 Å². The van der Waals surface area contributed by atoms with Crippen LogP contribution in [0.25, 0.3) is 0 Å². The van der Waals surface area contributed by atoms with E-state index in [2.05, 4.69) is 5.32 Å². The molecule has 1 aromatic carbocycles. The first-order chi connectivity index (χ1) is 11.9. The second-order valence-electron chi connectivity index (χ2n) is 5.75. The van der Waals surface area contributed by atoms with Gasteiger partial charge in [0, 0.05) is 11.4 Å². The Kier molecular flexibility index (Phi) is 4.69. The zero-order chi connectivity index (χ0) is 18.1. The van der Waals surface area contributed by atoms with Gasteiger partial charge in [0.1, 0.15) is 17.1 Å². The van der Waals surface area contributed by atoms with Crippen molar-refractivity contribution in [3.8, 4) is 0 Å². The molecule has 0 aromatic heterocycles. The molecule has 3 rings (SSSR count). The molecule has 1 unspecified atom stereocenters. The largest absolute Gasteiger partial charge is 0.477 e. The number of rotatable bonds is 5. The van der Waals surface area contributed by atoms with Crippen LogP contribution in [0.15, 0.2) is 35.5 Å². The SMILES string of the molecule is Nc1ccccc1CC(=O)NC1C(=O)N2C(C(=O)O)=C(CO)CS[C@H]12. The predicted molar refractivity (Wildman–Crippen MR) is 91.3 cm³/mol. The van der Waals surface area contributed by atoms with Crippen LogP contribution in [0.4, 0.5) is 5.69 Å². The van der Waals surface area contributed by atoms with Crippen LogP contribution in [0.5, 0.6) is 0 Å². The molecule has 2 aliphatic rings. The maximum absolute atomic E-state index is 12.3. The Bertz CT molecular complexity index is 779. The third-order valence-corrected chi connectivity index (χ3v) is 5.50. The van der Waals surface area contributed by atoms with Crippen LogP contribution in [0.1, 0.15) is 5.56 Å². The van der Waals surface area contributed by atoms with Gasteiger partial charge in [-0.1, -0.05) is 18.2 Å². The number of carbonyl (C=O) groups excluding carboxylic acids is 2. The molecule has 2 atom stereocenters. The highest BCUT2D eigenvalue weighted by atomic mass is 32.2. The Morgan fingerprint density at radius 2 is 2.08 bits per heavy atom. The monoisotopic (exact) mass is 363 g/mol. The van der Waals surface area contributed by atoms with Gasteiger partial charge in [-0.05, 0) is 17.2 Å². The molecule has 0 radical (unpaired) electrons. The minimum atomic E-state index is -1.26. The molecule has 0 spiro atoms. The lowest BCUT2D eigenvalue weighted by Gasteiger charge is -2.49. The Morgan fingerprint density at radius 3 is 2.72 bits per heavy atom. The van der Waals surface area contributed by atoms with Gasteiger partial charge in [-0.3, -0.25) is 14.5 Å². The Labute approximate surface area is 147 Å². The minimum Gasteiger partial charge on any atom is -0.477 e. The lowest BCUT2D eigenvalue weighted by molar-refractivity contribution is -0.150. The van der Waals surface area contributed by atoms with Gasteiger partial charge in [-0.2, -0.15) is 0 Å². The topological polar surface area (TPSA) is 133 Å². The molecule has 0 saturated carbocycles. The highest BCUT2D eigenvalue weighted by molar-refractivity contribution is 8.00. The van der Waals surface area contributed by atoms with E-state index in [1.807, 2.05) is 0 Å². The molecule has 1 aromatic rings. The first kappa shape index (κ1) is 17.3. The van der Waals surface area contributed by atoms with E-state index in [9.17, 15) is 24.6 Å². The van der Waals surface area contributed by atoms with Gasteiger partial charge < -0.3 is 21.3 Å². The van der Waals surface area contributed by atoms with Crippen LogP contribution in [0, 0.1) is 0 Å². The molecule has 1 fully saturated rings. The van der Waals surface area contributed by atoms with Crippen molar-refractivity contribution in [3.63, 3.8) is 0 Å². The summed E-state index contributed by atoms with van der Waals surface area (Å²) in [5.41, 5.74) is 7.07. The molecule has 5 N–H and O–H groups in total. The summed E-state index contributed by atoms with van der Waals surface area (Å²) in [6, 6.07) is 6.18. The van der Waals surface area contributed by atoms with Crippen LogP contribution in [-0.2, 0) is 20.8 Å². The van der Waals surface area contributed by atoms with Crippen molar-refractivity contribution in [2.24, 2.45) is 0 Å². The molecular formula is C16H17N3O5S. The summed E-state index contributed by atoms with van der Waals surface area (Å²) in [6.45, 7) is -0.421. The summed E-state index contributed by atoms with van der Waals surface area (Å²) in [4.78, 5) is 37.1. The zero-order valence-corrected chi connectivity index (χ0v) is 14.0. The van der Waals surface area contributed by atoms with Crippen LogP contribution in [0.2, 0.25) is 0 Å². The summed E-state index contributed by atoms with van der Waals surface area (Å²) >= 11 is 1.31. The molecule has 2 heterocycles. The van der Waals surface area contributed by atoms with E-state index in [-0.39, 0.29) is 18.0 Å².